The van der Waals surface area contributed by atoms with Crippen LogP contribution < -0.4 is 0 Å². The number of aryl methyl sites for hydroxylation is 3. The molecule has 0 heteroatoms. The molecule has 3 aromatic rings. The molecular formula is C35H38. The van der Waals surface area contributed by atoms with Crippen LogP contribution in [0.1, 0.15) is 59.1 Å². The minimum Gasteiger partial charge on any atom is -0.0805 e. The lowest BCUT2D eigenvalue weighted by Crippen LogP contribution is -2.44. The largest absolute Gasteiger partial charge is 0.0805 e. The molecule has 6 rings (SSSR count). The van der Waals surface area contributed by atoms with Gasteiger partial charge >= 0.3 is 0 Å². The van der Waals surface area contributed by atoms with Crippen LogP contribution in [0.2, 0.25) is 0 Å². The van der Waals surface area contributed by atoms with Gasteiger partial charge in [-0.05, 0) is 79.9 Å². The zero-order valence-corrected chi connectivity index (χ0v) is 21.5. The molecule has 0 nitrogen and oxygen atoms in total. The zero-order valence-electron chi connectivity index (χ0n) is 21.5. The maximum absolute atomic E-state index is 2.57. The van der Waals surface area contributed by atoms with E-state index in [1.807, 2.05) is 0 Å². The molecule has 5 atom stereocenters. The molecule has 0 spiro atoms. The molecule has 0 aromatic heterocycles. The molecule has 0 amide bonds. The van der Waals surface area contributed by atoms with E-state index in [0.717, 1.165) is 11.8 Å². The molecular weight excluding hydrogens is 420 g/mol. The fourth-order valence-electron chi connectivity index (χ4n) is 8.18. The molecule has 178 valence electrons. The summed E-state index contributed by atoms with van der Waals surface area (Å²) < 4.78 is 0. The van der Waals surface area contributed by atoms with Gasteiger partial charge in [-0.3, -0.25) is 0 Å². The van der Waals surface area contributed by atoms with Crippen LogP contribution in [0.5, 0.6) is 0 Å². The van der Waals surface area contributed by atoms with Gasteiger partial charge < -0.3 is 0 Å². The van der Waals surface area contributed by atoms with Crippen LogP contribution in [-0.2, 0) is 5.41 Å². The van der Waals surface area contributed by atoms with Crippen molar-refractivity contribution in [2.24, 2.45) is 29.6 Å². The van der Waals surface area contributed by atoms with Gasteiger partial charge in [0, 0.05) is 5.41 Å². The highest BCUT2D eigenvalue weighted by molar-refractivity contribution is 5.55. The summed E-state index contributed by atoms with van der Waals surface area (Å²) in [6.45, 7) is 6.76. The van der Waals surface area contributed by atoms with Gasteiger partial charge in [0.2, 0.25) is 0 Å². The molecule has 2 fully saturated rings. The van der Waals surface area contributed by atoms with Gasteiger partial charge in [-0.1, -0.05) is 127 Å². The van der Waals surface area contributed by atoms with E-state index in [1.165, 1.54) is 59.1 Å². The van der Waals surface area contributed by atoms with Gasteiger partial charge in [0.05, 0.1) is 0 Å². The quantitative estimate of drug-likeness (QED) is 0.343. The summed E-state index contributed by atoms with van der Waals surface area (Å²) in [7, 11) is 0. The first-order valence-electron chi connectivity index (χ1n) is 13.7. The summed E-state index contributed by atoms with van der Waals surface area (Å²) in [4.78, 5) is 0. The lowest BCUT2D eigenvalue weighted by atomic mass is 9.55. The first kappa shape index (κ1) is 22.6. The van der Waals surface area contributed by atoms with E-state index in [2.05, 4.69) is 118 Å². The highest BCUT2D eigenvalue weighted by Gasteiger charge is 2.58. The fraction of sp³-hybridized carbons (Fsp3) is 0.371. The molecule has 3 aliphatic carbocycles. The summed E-state index contributed by atoms with van der Waals surface area (Å²) in [5.41, 5.74) is 8.26. The Hall–Kier alpha value is -2.86. The Morgan fingerprint density at radius 1 is 0.571 bits per heavy atom. The summed E-state index contributed by atoms with van der Waals surface area (Å²) >= 11 is 0. The Kier molecular flexibility index (Phi) is 5.79. The monoisotopic (exact) mass is 458 g/mol. The maximum Gasteiger partial charge on any atom is 0.0488 e. The van der Waals surface area contributed by atoms with Crippen molar-refractivity contribution >= 4 is 0 Å². The van der Waals surface area contributed by atoms with E-state index in [4.69, 9.17) is 0 Å². The number of hydrogen-bond donors (Lipinski definition) is 0. The third-order valence-corrected chi connectivity index (χ3v) is 9.39. The topological polar surface area (TPSA) is 0 Å². The molecule has 3 aliphatic rings. The molecule has 0 bridgehead atoms. The van der Waals surface area contributed by atoms with Crippen LogP contribution >= 0.6 is 0 Å². The van der Waals surface area contributed by atoms with Gasteiger partial charge in [0.25, 0.3) is 0 Å². The lowest BCUT2D eigenvalue weighted by molar-refractivity contribution is 0.176. The predicted molar refractivity (Wildman–Crippen MR) is 148 cm³/mol. The number of fused-ring (bicyclic) bond motifs is 3. The SMILES string of the molecule is Cc1cccc(C(c2cccc(C)c2)(c2cccc(C)c2)C2C3C=CC=CC3C3CCCCC32)c1. The van der Waals surface area contributed by atoms with Gasteiger partial charge in [0.1, 0.15) is 0 Å². The predicted octanol–water partition coefficient (Wildman–Crippen LogP) is 8.74. The number of benzene rings is 3. The highest BCUT2D eigenvalue weighted by atomic mass is 14.6. The van der Waals surface area contributed by atoms with Crippen molar-refractivity contribution in [3.05, 3.63) is 130 Å². The first-order chi connectivity index (χ1) is 17.1. The van der Waals surface area contributed by atoms with Crippen LogP contribution in [-0.4, -0.2) is 0 Å². The number of hydrogen-bond acceptors (Lipinski definition) is 0. The van der Waals surface area contributed by atoms with Crippen LogP contribution in [0.25, 0.3) is 0 Å². The molecule has 0 aliphatic heterocycles. The number of rotatable bonds is 4. The van der Waals surface area contributed by atoms with Crippen LogP contribution in [0.4, 0.5) is 0 Å². The van der Waals surface area contributed by atoms with E-state index >= 15 is 0 Å². The van der Waals surface area contributed by atoms with Crippen molar-refractivity contribution in [3.63, 3.8) is 0 Å². The Morgan fingerprint density at radius 3 is 1.51 bits per heavy atom. The summed E-state index contributed by atoms with van der Waals surface area (Å²) in [6.07, 6.45) is 15.3. The van der Waals surface area contributed by atoms with Crippen molar-refractivity contribution in [2.75, 3.05) is 0 Å². The smallest absolute Gasteiger partial charge is 0.0488 e. The second-order valence-electron chi connectivity index (χ2n) is 11.5. The van der Waals surface area contributed by atoms with E-state index < -0.39 is 0 Å². The number of allylic oxidation sites excluding steroid dienone is 4. The van der Waals surface area contributed by atoms with Crippen LogP contribution in [0, 0.1) is 50.4 Å². The van der Waals surface area contributed by atoms with Crippen molar-refractivity contribution < 1.29 is 0 Å². The molecule has 0 heterocycles. The molecule has 5 unspecified atom stereocenters. The Labute approximate surface area is 211 Å². The zero-order chi connectivity index (χ0) is 24.0. The molecule has 3 aromatic carbocycles. The van der Waals surface area contributed by atoms with E-state index in [1.54, 1.807) is 0 Å². The van der Waals surface area contributed by atoms with Gasteiger partial charge in [-0.25, -0.2) is 0 Å². The average Bonchev–Trinajstić information content (AvgIpc) is 3.20. The maximum atomic E-state index is 2.57. The van der Waals surface area contributed by atoms with E-state index in [-0.39, 0.29) is 5.41 Å². The second kappa shape index (κ2) is 8.98. The molecule has 35 heavy (non-hydrogen) atoms. The summed E-state index contributed by atoms with van der Waals surface area (Å²) in [5, 5.41) is 0. The third kappa shape index (κ3) is 3.65. The van der Waals surface area contributed by atoms with Gasteiger partial charge in [-0.2, -0.15) is 0 Å². The van der Waals surface area contributed by atoms with Crippen LogP contribution in [0.15, 0.2) is 97.1 Å². The summed E-state index contributed by atoms with van der Waals surface area (Å²) in [5.74, 6) is 3.28. The Bertz CT molecular complexity index is 1160. The molecule has 0 radical (unpaired) electrons. The molecule has 0 N–H and O–H groups in total. The Balaban J connectivity index is 1.71. The van der Waals surface area contributed by atoms with Gasteiger partial charge in [0.15, 0.2) is 0 Å². The minimum absolute atomic E-state index is 0.181. The third-order valence-electron chi connectivity index (χ3n) is 9.39. The van der Waals surface area contributed by atoms with Crippen molar-refractivity contribution in [1.82, 2.24) is 0 Å². The second-order valence-corrected chi connectivity index (χ2v) is 11.5. The lowest BCUT2D eigenvalue weighted by Gasteiger charge is -2.47. The van der Waals surface area contributed by atoms with E-state index in [0.29, 0.717) is 17.8 Å². The van der Waals surface area contributed by atoms with Crippen LogP contribution in [0.3, 0.4) is 0 Å². The molecule has 0 saturated heterocycles. The fourth-order valence-corrected chi connectivity index (χ4v) is 8.18. The van der Waals surface area contributed by atoms with E-state index in [9.17, 15) is 0 Å². The van der Waals surface area contributed by atoms with Crippen molar-refractivity contribution in [1.29, 1.82) is 0 Å². The molecule has 2 saturated carbocycles. The first-order valence-corrected chi connectivity index (χ1v) is 13.7. The standard InChI is InChI=1S/C35H38/c1-24-11-8-14-27(21-24)35(28-15-9-12-25(2)22-28,29-16-10-13-26(3)23-29)34-32-19-6-4-17-30(32)31-18-5-7-20-33(31)34/h4,6,8-17,19,21-23,30-34H,5,7,18,20H2,1-3H3. The van der Waals surface area contributed by atoms with Crippen molar-refractivity contribution in [3.8, 4) is 0 Å². The Morgan fingerprint density at radius 2 is 1.03 bits per heavy atom. The minimum atomic E-state index is -0.181. The average molecular weight is 459 g/mol. The normalized spacial score (nSPS) is 27.5. The van der Waals surface area contributed by atoms with Crippen molar-refractivity contribution in [2.45, 2.75) is 51.9 Å². The van der Waals surface area contributed by atoms with Gasteiger partial charge in [-0.15, -0.1) is 0 Å². The summed E-state index contributed by atoms with van der Waals surface area (Å²) in [6, 6.07) is 28.3. The highest BCUT2D eigenvalue weighted by Crippen LogP contribution is 2.63.